The Hall–Kier alpha value is -3.89. The molecule has 0 saturated carbocycles. The number of halogens is 1. The average Bonchev–Trinajstić information content (AvgIpc) is 3.42. The number of morpholine rings is 1. The largest absolute Gasteiger partial charge is 0.463 e. The number of aliphatic imine (C=N–C) groups is 1. The van der Waals surface area contributed by atoms with Crippen LogP contribution in [0.2, 0.25) is 0 Å². The van der Waals surface area contributed by atoms with Gasteiger partial charge in [-0.2, -0.15) is 0 Å². The summed E-state index contributed by atoms with van der Waals surface area (Å²) in [6.45, 7) is 3.44. The summed E-state index contributed by atoms with van der Waals surface area (Å²) < 4.78 is 29.8. The maximum atomic E-state index is 13.3. The Morgan fingerprint density at radius 1 is 1.26 bits per heavy atom. The molecule has 1 atom stereocenters. The number of H-pyrrole nitrogens is 1. The van der Waals surface area contributed by atoms with E-state index in [0.717, 1.165) is 18.5 Å². The van der Waals surface area contributed by atoms with Crippen LogP contribution in [-0.4, -0.2) is 72.0 Å². The number of allylic oxidation sites excluding steroid dienone is 1. The summed E-state index contributed by atoms with van der Waals surface area (Å²) in [5.74, 6) is -3.22. The Morgan fingerprint density at radius 2 is 2.06 bits per heavy atom. The third-order valence-corrected chi connectivity index (χ3v) is 5.79. The van der Waals surface area contributed by atoms with Gasteiger partial charge < -0.3 is 19.2 Å². The topological polar surface area (TPSA) is 106 Å². The predicted octanol–water partition coefficient (Wildman–Crippen LogP) is 2.86. The standard InChI is InChI=1S/C25H23FN4O5/c26-17-3-5-18(6-4-17)29-24-21(25(32)34-13-10-30-8-11-33-12-9-30)22(31)20(35-24)14-16-15-28-23-19(16)2-1-7-27-23/h1-7,14-15,21H,8-13H2,(H,27,28)/b20-14-,29-24?. The first-order chi connectivity index (χ1) is 17.1. The molecule has 35 heavy (non-hydrogen) atoms. The molecule has 2 aliphatic rings. The summed E-state index contributed by atoms with van der Waals surface area (Å²) in [6, 6.07) is 8.98. The second-order valence-electron chi connectivity index (χ2n) is 8.10. The van der Waals surface area contributed by atoms with Gasteiger partial charge in [0.1, 0.15) is 18.1 Å². The lowest BCUT2D eigenvalue weighted by molar-refractivity contribution is -0.148. The molecule has 5 rings (SSSR count). The van der Waals surface area contributed by atoms with Crippen molar-refractivity contribution in [3.63, 3.8) is 0 Å². The molecule has 2 aliphatic heterocycles. The molecule has 2 aromatic heterocycles. The number of hydrogen-bond acceptors (Lipinski definition) is 8. The molecule has 1 aromatic carbocycles. The number of esters is 1. The molecule has 0 bridgehead atoms. The number of aromatic amines is 1. The van der Waals surface area contributed by atoms with Gasteiger partial charge in [-0.15, -0.1) is 0 Å². The van der Waals surface area contributed by atoms with Crippen LogP contribution in [0.5, 0.6) is 0 Å². The molecule has 180 valence electrons. The molecular formula is C25H23FN4O5. The highest BCUT2D eigenvalue weighted by Gasteiger charge is 2.45. The number of nitrogens with one attached hydrogen (secondary N) is 1. The van der Waals surface area contributed by atoms with Crippen LogP contribution in [0.1, 0.15) is 5.56 Å². The van der Waals surface area contributed by atoms with Gasteiger partial charge in [-0.05, 0) is 42.5 Å². The Balaban J connectivity index is 1.39. The van der Waals surface area contributed by atoms with Crippen LogP contribution in [-0.2, 0) is 23.8 Å². The fourth-order valence-corrected chi connectivity index (χ4v) is 3.94. The minimum Gasteiger partial charge on any atom is -0.463 e. The predicted molar refractivity (Wildman–Crippen MR) is 125 cm³/mol. The molecule has 4 heterocycles. The molecule has 2 saturated heterocycles. The maximum absolute atomic E-state index is 13.3. The fourth-order valence-electron chi connectivity index (χ4n) is 3.94. The molecule has 0 amide bonds. The van der Waals surface area contributed by atoms with Crippen molar-refractivity contribution in [3.8, 4) is 0 Å². The highest BCUT2D eigenvalue weighted by molar-refractivity contribution is 6.27. The lowest BCUT2D eigenvalue weighted by atomic mass is 10.0. The maximum Gasteiger partial charge on any atom is 0.326 e. The Labute approximate surface area is 200 Å². The van der Waals surface area contributed by atoms with Crippen molar-refractivity contribution in [2.45, 2.75) is 0 Å². The van der Waals surface area contributed by atoms with E-state index in [1.165, 1.54) is 24.3 Å². The Morgan fingerprint density at radius 3 is 2.86 bits per heavy atom. The van der Waals surface area contributed by atoms with Gasteiger partial charge in [0, 0.05) is 43.0 Å². The van der Waals surface area contributed by atoms with Crippen molar-refractivity contribution in [3.05, 3.63) is 65.9 Å². The van der Waals surface area contributed by atoms with E-state index in [4.69, 9.17) is 14.2 Å². The van der Waals surface area contributed by atoms with Gasteiger partial charge in [0.15, 0.2) is 11.7 Å². The number of ketones is 1. The summed E-state index contributed by atoms with van der Waals surface area (Å²) in [7, 11) is 0. The normalized spacial score (nSPS) is 21.1. The van der Waals surface area contributed by atoms with Crippen molar-refractivity contribution in [2.24, 2.45) is 10.9 Å². The molecule has 0 spiro atoms. The molecule has 1 N–H and O–H groups in total. The monoisotopic (exact) mass is 478 g/mol. The number of hydrogen-bond donors (Lipinski definition) is 1. The molecule has 0 aliphatic carbocycles. The van der Waals surface area contributed by atoms with E-state index in [-0.39, 0.29) is 18.3 Å². The molecule has 10 heteroatoms. The SMILES string of the molecule is O=C(OCCN1CCOCC1)C1C(=O)/C(=C/c2c[nH]c3ncccc23)OC1=Nc1ccc(F)cc1. The van der Waals surface area contributed by atoms with E-state index < -0.39 is 23.5 Å². The first kappa shape index (κ1) is 22.9. The number of carbonyl (C=O) groups is 2. The van der Waals surface area contributed by atoms with Gasteiger partial charge in [-0.1, -0.05) is 0 Å². The molecule has 9 nitrogen and oxygen atoms in total. The van der Waals surface area contributed by atoms with Crippen molar-refractivity contribution in [1.82, 2.24) is 14.9 Å². The minimum absolute atomic E-state index is 0.0363. The van der Waals surface area contributed by atoms with Gasteiger partial charge in [0.05, 0.1) is 18.9 Å². The van der Waals surface area contributed by atoms with Crippen LogP contribution in [0.25, 0.3) is 17.1 Å². The van der Waals surface area contributed by atoms with Gasteiger partial charge in [-0.25, -0.2) is 14.4 Å². The van der Waals surface area contributed by atoms with Crippen LogP contribution >= 0.6 is 0 Å². The summed E-state index contributed by atoms with van der Waals surface area (Å²) in [5, 5.41) is 0.796. The van der Waals surface area contributed by atoms with Gasteiger partial charge in [-0.3, -0.25) is 14.5 Å². The number of ether oxygens (including phenoxy) is 3. The zero-order chi connectivity index (χ0) is 24.2. The first-order valence-electron chi connectivity index (χ1n) is 11.3. The lowest BCUT2D eigenvalue weighted by Gasteiger charge is -2.26. The first-order valence-corrected chi connectivity index (χ1v) is 11.3. The number of Topliss-reactive ketones (excluding diaryl/α,β-unsaturated/α-hetero) is 1. The fraction of sp³-hybridized carbons (Fsp3) is 0.280. The molecule has 2 fully saturated rings. The molecular weight excluding hydrogens is 455 g/mol. The second-order valence-corrected chi connectivity index (χ2v) is 8.10. The summed E-state index contributed by atoms with van der Waals surface area (Å²) in [4.78, 5) is 39.9. The average molecular weight is 478 g/mol. The van der Waals surface area contributed by atoms with Crippen LogP contribution in [0, 0.1) is 11.7 Å². The molecule has 0 radical (unpaired) electrons. The quantitative estimate of drug-likeness (QED) is 0.330. The zero-order valence-electron chi connectivity index (χ0n) is 18.8. The van der Waals surface area contributed by atoms with Gasteiger partial charge >= 0.3 is 5.97 Å². The lowest BCUT2D eigenvalue weighted by Crippen LogP contribution is -2.39. The van der Waals surface area contributed by atoms with Crippen molar-refractivity contribution in [2.75, 3.05) is 39.5 Å². The smallest absolute Gasteiger partial charge is 0.326 e. The van der Waals surface area contributed by atoms with Crippen LogP contribution in [0.3, 0.4) is 0 Å². The van der Waals surface area contributed by atoms with E-state index >= 15 is 0 Å². The number of pyridine rings is 1. The number of carbonyl (C=O) groups excluding carboxylic acids is 2. The zero-order valence-corrected chi connectivity index (χ0v) is 18.8. The third kappa shape index (κ3) is 5.13. The van der Waals surface area contributed by atoms with Crippen LogP contribution in [0.15, 0.2) is 59.5 Å². The number of nitrogens with zero attached hydrogens (tertiary/aromatic N) is 3. The number of aromatic nitrogens is 2. The summed E-state index contributed by atoms with van der Waals surface area (Å²) in [6.07, 6.45) is 4.90. The Bertz CT molecular complexity index is 1290. The highest BCUT2D eigenvalue weighted by atomic mass is 19.1. The third-order valence-electron chi connectivity index (χ3n) is 5.79. The van der Waals surface area contributed by atoms with Crippen LogP contribution < -0.4 is 0 Å². The van der Waals surface area contributed by atoms with Crippen LogP contribution in [0.4, 0.5) is 10.1 Å². The number of rotatable bonds is 6. The van der Waals surface area contributed by atoms with E-state index in [9.17, 15) is 14.0 Å². The number of benzene rings is 1. The van der Waals surface area contributed by atoms with E-state index in [1.807, 2.05) is 6.07 Å². The van der Waals surface area contributed by atoms with Gasteiger partial charge in [0.2, 0.25) is 11.7 Å². The van der Waals surface area contributed by atoms with Gasteiger partial charge in [0.25, 0.3) is 0 Å². The van der Waals surface area contributed by atoms with E-state index in [0.29, 0.717) is 36.7 Å². The van der Waals surface area contributed by atoms with Crippen molar-refractivity contribution < 1.29 is 28.2 Å². The molecule has 1 unspecified atom stereocenters. The van der Waals surface area contributed by atoms with E-state index in [2.05, 4.69) is 19.9 Å². The summed E-state index contributed by atoms with van der Waals surface area (Å²) in [5.41, 5.74) is 1.68. The summed E-state index contributed by atoms with van der Waals surface area (Å²) >= 11 is 0. The highest BCUT2D eigenvalue weighted by Crippen LogP contribution is 2.29. The number of fused-ring (bicyclic) bond motifs is 1. The van der Waals surface area contributed by atoms with E-state index in [1.54, 1.807) is 24.5 Å². The minimum atomic E-state index is -1.35. The Kier molecular flexibility index (Phi) is 6.64. The second kappa shape index (κ2) is 10.2. The molecule has 3 aromatic rings. The van der Waals surface area contributed by atoms with Crippen molar-refractivity contribution >= 4 is 40.4 Å². The van der Waals surface area contributed by atoms with Crippen molar-refractivity contribution in [1.29, 1.82) is 0 Å².